The van der Waals surface area contributed by atoms with Crippen LogP contribution in [-0.4, -0.2) is 11.9 Å². The Hall–Kier alpha value is -1.84. The molecule has 0 saturated heterocycles. The molecule has 0 radical (unpaired) electrons. The van der Waals surface area contributed by atoms with E-state index in [-0.39, 0.29) is 30.4 Å². The molecule has 0 spiro atoms. The van der Waals surface area contributed by atoms with Crippen molar-refractivity contribution in [3.63, 3.8) is 0 Å². The van der Waals surface area contributed by atoms with E-state index in [1.807, 2.05) is 37.3 Å². The molecule has 0 bridgehead atoms. The first kappa shape index (κ1) is 20.2. The number of nitrogens with two attached hydrogens (primary N) is 1. The lowest BCUT2D eigenvalue weighted by Crippen LogP contribution is -2.35. The van der Waals surface area contributed by atoms with E-state index in [1.54, 1.807) is 0 Å². The third-order valence-corrected chi connectivity index (χ3v) is 3.86. The maximum atomic E-state index is 12.2. The van der Waals surface area contributed by atoms with Gasteiger partial charge in [-0.15, -0.1) is 12.4 Å². The van der Waals surface area contributed by atoms with E-state index in [1.165, 1.54) is 16.7 Å². The molecular weight excluding hydrogens is 320 g/mol. The number of hydrogen-bond acceptors (Lipinski definition) is 2. The minimum absolute atomic E-state index is 0. The van der Waals surface area contributed by atoms with Gasteiger partial charge in [0, 0.05) is 18.5 Å². The molecule has 2 aromatic rings. The quantitative estimate of drug-likeness (QED) is 0.834. The number of amides is 1. The van der Waals surface area contributed by atoms with Gasteiger partial charge in [0.2, 0.25) is 5.91 Å². The minimum Gasteiger partial charge on any atom is -0.353 e. The van der Waals surface area contributed by atoms with E-state index in [2.05, 4.69) is 37.4 Å². The van der Waals surface area contributed by atoms with Crippen molar-refractivity contribution in [1.29, 1.82) is 0 Å². The predicted molar refractivity (Wildman–Crippen MR) is 102 cm³/mol. The maximum absolute atomic E-state index is 12.2. The van der Waals surface area contributed by atoms with Crippen LogP contribution in [0.1, 0.15) is 41.6 Å². The number of hydrogen-bond donors (Lipinski definition) is 2. The summed E-state index contributed by atoms with van der Waals surface area (Å²) >= 11 is 0. The number of rotatable bonds is 6. The normalized spacial score (nSPS) is 12.8. The molecule has 3 nitrogen and oxygen atoms in total. The van der Waals surface area contributed by atoms with E-state index in [0.717, 1.165) is 12.0 Å². The van der Waals surface area contributed by atoms with Gasteiger partial charge >= 0.3 is 0 Å². The number of nitrogens with one attached hydrogen (secondary N) is 1. The van der Waals surface area contributed by atoms with Gasteiger partial charge in [0.25, 0.3) is 0 Å². The van der Waals surface area contributed by atoms with Crippen LogP contribution in [0.5, 0.6) is 0 Å². The predicted octanol–water partition coefficient (Wildman–Crippen LogP) is 3.86. The molecule has 2 aromatic carbocycles. The molecule has 0 aliphatic rings. The topological polar surface area (TPSA) is 55.1 Å². The number of carbonyl (C=O) groups excluding carboxylic acids is 1. The molecule has 2 rings (SSSR count). The van der Waals surface area contributed by atoms with Crippen LogP contribution in [0.25, 0.3) is 0 Å². The smallest absolute Gasteiger partial charge is 0.222 e. The Kier molecular flexibility index (Phi) is 7.96. The fourth-order valence-electron chi connectivity index (χ4n) is 2.94. The lowest BCUT2D eigenvalue weighted by molar-refractivity contribution is -0.122. The zero-order valence-corrected chi connectivity index (χ0v) is 15.4. The standard InChI is InChI=1S/C20H26N2O.ClH/c1-14-9-15(2)11-17(10-14)12-16(3)22-20(23)13-19(21)18-7-5-4-6-8-18;/h4-11,16,19H,12-13,21H2,1-3H3,(H,22,23);1H. The Bertz CT molecular complexity index is 638. The summed E-state index contributed by atoms with van der Waals surface area (Å²) in [4.78, 5) is 12.2. The highest BCUT2D eigenvalue weighted by atomic mass is 35.5. The van der Waals surface area contributed by atoms with Crippen LogP contribution in [0.2, 0.25) is 0 Å². The molecule has 0 aliphatic carbocycles. The van der Waals surface area contributed by atoms with E-state index < -0.39 is 0 Å². The number of aryl methyl sites for hydroxylation is 2. The van der Waals surface area contributed by atoms with Gasteiger partial charge in [-0.25, -0.2) is 0 Å². The van der Waals surface area contributed by atoms with Crippen LogP contribution in [0, 0.1) is 13.8 Å². The van der Waals surface area contributed by atoms with Crippen LogP contribution in [-0.2, 0) is 11.2 Å². The zero-order chi connectivity index (χ0) is 16.8. The molecule has 2 unspecified atom stereocenters. The Labute approximate surface area is 151 Å². The minimum atomic E-state index is -0.260. The summed E-state index contributed by atoms with van der Waals surface area (Å²) in [6.07, 6.45) is 1.13. The van der Waals surface area contributed by atoms with E-state index in [4.69, 9.17) is 5.73 Å². The van der Waals surface area contributed by atoms with Gasteiger partial charge in [0.1, 0.15) is 0 Å². The summed E-state index contributed by atoms with van der Waals surface area (Å²) in [5.74, 6) is -0.00164. The summed E-state index contributed by atoms with van der Waals surface area (Å²) in [5.41, 5.74) is 10.9. The number of carbonyl (C=O) groups is 1. The molecule has 0 saturated carbocycles. The lowest BCUT2D eigenvalue weighted by Gasteiger charge is -2.17. The second-order valence-corrected chi connectivity index (χ2v) is 6.39. The molecule has 0 heterocycles. The fourth-order valence-corrected chi connectivity index (χ4v) is 2.94. The third-order valence-electron chi connectivity index (χ3n) is 3.86. The van der Waals surface area contributed by atoms with Gasteiger partial charge in [-0.1, -0.05) is 59.7 Å². The Balaban J connectivity index is 0.00000288. The van der Waals surface area contributed by atoms with E-state index >= 15 is 0 Å². The van der Waals surface area contributed by atoms with Gasteiger partial charge in [0.15, 0.2) is 0 Å². The van der Waals surface area contributed by atoms with Crippen molar-refractivity contribution in [2.45, 2.75) is 45.7 Å². The molecule has 24 heavy (non-hydrogen) atoms. The van der Waals surface area contributed by atoms with Crippen molar-refractivity contribution in [3.8, 4) is 0 Å². The number of halogens is 1. The molecule has 1 amide bonds. The Morgan fingerprint density at radius 2 is 1.67 bits per heavy atom. The zero-order valence-electron chi connectivity index (χ0n) is 14.6. The monoisotopic (exact) mass is 346 g/mol. The first-order valence-corrected chi connectivity index (χ1v) is 8.11. The van der Waals surface area contributed by atoms with Crippen molar-refractivity contribution < 1.29 is 4.79 Å². The molecule has 3 N–H and O–H groups in total. The van der Waals surface area contributed by atoms with Crippen LogP contribution < -0.4 is 11.1 Å². The highest BCUT2D eigenvalue weighted by molar-refractivity contribution is 5.85. The average Bonchev–Trinajstić information content (AvgIpc) is 2.46. The summed E-state index contributed by atoms with van der Waals surface area (Å²) in [7, 11) is 0. The average molecular weight is 347 g/mol. The van der Waals surface area contributed by atoms with Crippen molar-refractivity contribution in [3.05, 3.63) is 70.8 Å². The first-order chi connectivity index (χ1) is 10.9. The highest BCUT2D eigenvalue weighted by Gasteiger charge is 2.14. The second-order valence-electron chi connectivity index (χ2n) is 6.39. The number of benzene rings is 2. The molecule has 4 heteroatoms. The summed E-state index contributed by atoms with van der Waals surface area (Å²) in [5, 5.41) is 3.05. The maximum Gasteiger partial charge on any atom is 0.222 e. The van der Waals surface area contributed by atoms with Crippen molar-refractivity contribution in [2.24, 2.45) is 5.73 Å². The van der Waals surface area contributed by atoms with Gasteiger partial charge in [-0.3, -0.25) is 4.79 Å². The Morgan fingerprint density at radius 1 is 1.08 bits per heavy atom. The second kappa shape index (κ2) is 9.45. The molecule has 130 valence electrons. The molecule has 0 aromatic heterocycles. The van der Waals surface area contributed by atoms with Crippen molar-refractivity contribution in [2.75, 3.05) is 0 Å². The van der Waals surface area contributed by atoms with Gasteiger partial charge < -0.3 is 11.1 Å². The summed E-state index contributed by atoms with van der Waals surface area (Å²) < 4.78 is 0. The SMILES string of the molecule is Cc1cc(C)cc(CC(C)NC(=O)CC(N)c2ccccc2)c1.Cl. The molecule has 0 aliphatic heterocycles. The van der Waals surface area contributed by atoms with Crippen molar-refractivity contribution in [1.82, 2.24) is 5.32 Å². The summed E-state index contributed by atoms with van der Waals surface area (Å²) in [6.45, 7) is 6.22. The van der Waals surface area contributed by atoms with E-state index in [0.29, 0.717) is 6.42 Å². The lowest BCUT2D eigenvalue weighted by atomic mass is 10.0. The largest absolute Gasteiger partial charge is 0.353 e. The van der Waals surface area contributed by atoms with Gasteiger partial charge in [-0.05, 0) is 38.3 Å². The van der Waals surface area contributed by atoms with Gasteiger partial charge in [-0.2, -0.15) is 0 Å². The van der Waals surface area contributed by atoms with Crippen molar-refractivity contribution >= 4 is 18.3 Å². The Morgan fingerprint density at radius 3 is 2.25 bits per heavy atom. The third kappa shape index (κ3) is 6.34. The molecule has 0 fully saturated rings. The van der Waals surface area contributed by atoms with Crippen LogP contribution in [0.3, 0.4) is 0 Å². The molecular formula is C20H27ClN2O. The van der Waals surface area contributed by atoms with Crippen LogP contribution in [0.4, 0.5) is 0 Å². The van der Waals surface area contributed by atoms with Gasteiger partial charge in [0.05, 0.1) is 0 Å². The first-order valence-electron chi connectivity index (χ1n) is 8.11. The van der Waals surface area contributed by atoms with Crippen LogP contribution in [0.15, 0.2) is 48.5 Å². The molecule has 2 atom stereocenters. The highest BCUT2D eigenvalue weighted by Crippen LogP contribution is 2.14. The van der Waals surface area contributed by atoms with E-state index in [9.17, 15) is 4.79 Å². The van der Waals surface area contributed by atoms with Crippen LogP contribution >= 0.6 is 12.4 Å². The fraction of sp³-hybridized carbons (Fsp3) is 0.350. The summed E-state index contributed by atoms with van der Waals surface area (Å²) in [6, 6.07) is 16.1.